The number of cyclic esters (lactones) is 1. The van der Waals surface area contributed by atoms with Crippen molar-refractivity contribution >= 4 is 17.9 Å². The molecule has 0 N–H and O–H groups in total. The Kier molecular flexibility index (Phi) is 5.60. The number of hydrogen-bond acceptors (Lipinski definition) is 5. The third-order valence-electron chi connectivity index (χ3n) is 3.95. The zero-order chi connectivity index (χ0) is 19.4. The maximum atomic E-state index is 12.2. The molecule has 5 nitrogen and oxygen atoms in total. The van der Waals surface area contributed by atoms with Crippen LogP contribution in [0.2, 0.25) is 0 Å². The molecule has 0 amide bonds. The Labute approximate surface area is 159 Å². The normalized spacial score (nSPS) is 15.1. The molecule has 0 saturated heterocycles. The number of rotatable bonds is 6. The standard InChI is InChI=1S/C22H23NO4/c1-14(2)13-26-20-12-16(8-9-19(20)25-4)11-18-22(24)27-21(23-18)17-7-5-6-15(3)10-17/h5-12,14H,13H2,1-4H3/b18-11+. The van der Waals surface area contributed by atoms with Crippen molar-refractivity contribution in [3.05, 3.63) is 64.9 Å². The monoisotopic (exact) mass is 365 g/mol. The molecule has 0 bridgehead atoms. The number of nitrogens with zero attached hydrogens (tertiary/aromatic N) is 1. The Hall–Kier alpha value is -3.08. The summed E-state index contributed by atoms with van der Waals surface area (Å²) in [7, 11) is 1.60. The third-order valence-corrected chi connectivity index (χ3v) is 3.95. The second-order valence-corrected chi connectivity index (χ2v) is 6.82. The van der Waals surface area contributed by atoms with Crippen LogP contribution in [-0.4, -0.2) is 25.6 Å². The van der Waals surface area contributed by atoms with Crippen LogP contribution in [0.25, 0.3) is 6.08 Å². The van der Waals surface area contributed by atoms with Gasteiger partial charge in [0.25, 0.3) is 0 Å². The molecule has 1 heterocycles. The topological polar surface area (TPSA) is 57.1 Å². The average Bonchev–Trinajstić information content (AvgIpc) is 3.01. The average molecular weight is 365 g/mol. The van der Waals surface area contributed by atoms with Crippen LogP contribution in [0.3, 0.4) is 0 Å². The minimum absolute atomic E-state index is 0.256. The van der Waals surface area contributed by atoms with Gasteiger partial charge in [-0.25, -0.2) is 9.79 Å². The lowest BCUT2D eigenvalue weighted by Gasteiger charge is -2.13. The summed E-state index contributed by atoms with van der Waals surface area (Å²) in [5, 5.41) is 0. The highest BCUT2D eigenvalue weighted by Gasteiger charge is 2.24. The molecule has 0 saturated carbocycles. The van der Waals surface area contributed by atoms with Gasteiger partial charge in [-0.05, 0) is 48.7 Å². The zero-order valence-electron chi connectivity index (χ0n) is 16.0. The van der Waals surface area contributed by atoms with E-state index < -0.39 is 5.97 Å². The van der Waals surface area contributed by atoms with E-state index in [-0.39, 0.29) is 5.70 Å². The molecule has 1 aliphatic heterocycles. The van der Waals surface area contributed by atoms with Gasteiger partial charge in [-0.3, -0.25) is 0 Å². The number of methoxy groups -OCH3 is 1. The molecule has 140 valence electrons. The molecule has 0 atom stereocenters. The van der Waals surface area contributed by atoms with Crippen LogP contribution in [0.1, 0.15) is 30.5 Å². The van der Waals surface area contributed by atoms with Gasteiger partial charge in [0, 0.05) is 5.56 Å². The van der Waals surface area contributed by atoms with E-state index in [0.29, 0.717) is 29.9 Å². The summed E-state index contributed by atoms with van der Waals surface area (Å²) < 4.78 is 16.5. The van der Waals surface area contributed by atoms with Crippen molar-refractivity contribution in [2.45, 2.75) is 20.8 Å². The summed E-state index contributed by atoms with van der Waals surface area (Å²) in [6.45, 7) is 6.71. The number of aliphatic imine (C=N–C) groups is 1. The molecule has 2 aromatic carbocycles. The minimum Gasteiger partial charge on any atom is -0.493 e. The van der Waals surface area contributed by atoms with E-state index >= 15 is 0 Å². The van der Waals surface area contributed by atoms with Crippen molar-refractivity contribution < 1.29 is 19.0 Å². The fraction of sp³-hybridized carbons (Fsp3) is 0.273. The van der Waals surface area contributed by atoms with Crippen molar-refractivity contribution in [1.29, 1.82) is 0 Å². The summed E-state index contributed by atoms with van der Waals surface area (Å²) >= 11 is 0. The summed E-state index contributed by atoms with van der Waals surface area (Å²) in [4.78, 5) is 16.6. The fourth-order valence-corrected chi connectivity index (χ4v) is 2.62. The summed E-state index contributed by atoms with van der Waals surface area (Å²) in [5.74, 6) is 1.53. The van der Waals surface area contributed by atoms with E-state index in [1.807, 2.05) is 49.4 Å². The van der Waals surface area contributed by atoms with Gasteiger partial charge in [0.2, 0.25) is 5.90 Å². The van der Waals surface area contributed by atoms with Crippen LogP contribution in [0.4, 0.5) is 0 Å². The number of benzene rings is 2. The summed E-state index contributed by atoms with van der Waals surface area (Å²) in [5.41, 5.74) is 2.90. The van der Waals surface area contributed by atoms with Crippen molar-refractivity contribution in [2.75, 3.05) is 13.7 Å². The van der Waals surface area contributed by atoms with E-state index in [4.69, 9.17) is 14.2 Å². The van der Waals surface area contributed by atoms with Crippen molar-refractivity contribution in [3.63, 3.8) is 0 Å². The first-order valence-corrected chi connectivity index (χ1v) is 8.86. The highest BCUT2D eigenvalue weighted by molar-refractivity contribution is 6.12. The molecule has 0 unspecified atom stereocenters. The first-order chi connectivity index (χ1) is 13.0. The summed E-state index contributed by atoms with van der Waals surface area (Å²) in [6.07, 6.45) is 1.69. The number of aryl methyl sites for hydroxylation is 1. The molecule has 3 rings (SSSR count). The predicted octanol–water partition coefficient (Wildman–Crippen LogP) is 4.38. The van der Waals surface area contributed by atoms with E-state index in [9.17, 15) is 4.79 Å². The molecule has 0 spiro atoms. The number of carbonyl (C=O) groups excluding carboxylic acids is 1. The number of hydrogen-bond donors (Lipinski definition) is 0. The zero-order valence-corrected chi connectivity index (χ0v) is 16.0. The fourth-order valence-electron chi connectivity index (χ4n) is 2.62. The van der Waals surface area contributed by atoms with E-state index in [2.05, 4.69) is 18.8 Å². The maximum absolute atomic E-state index is 12.2. The van der Waals surface area contributed by atoms with E-state index in [1.165, 1.54) is 0 Å². The van der Waals surface area contributed by atoms with Gasteiger partial charge in [0.1, 0.15) is 0 Å². The molecular weight excluding hydrogens is 342 g/mol. The number of carbonyl (C=O) groups is 1. The van der Waals surface area contributed by atoms with Crippen LogP contribution in [0.15, 0.2) is 53.2 Å². The first-order valence-electron chi connectivity index (χ1n) is 8.86. The highest BCUT2D eigenvalue weighted by Crippen LogP contribution is 2.30. The SMILES string of the molecule is COc1ccc(/C=C2/N=C(c3cccc(C)c3)OC2=O)cc1OCC(C)C. The molecule has 5 heteroatoms. The molecule has 1 aliphatic rings. The van der Waals surface area contributed by atoms with Crippen molar-refractivity contribution in [3.8, 4) is 11.5 Å². The van der Waals surface area contributed by atoms with Crippen LogP contribution >= 0.6 is 0 Å². The van der Waals surface area contributed by atoms with Crippen LogP contribution in [-0.2, 0) is 9.53 Å². The molecular formula is C22H23NO4. The van der Waals surface area contributed by atoms with Gasteiger partial charge in [0.15, 0.2) is 17.2 Å². The second-order valence-electron chi connectivity index (χ2n) is 6.82. The molecule has 2 aromatic rings. The number of ether oxygens (including phenoxy) is 3. The second kappa shape index (κ2) is 8.08. The molecule has 0 fully saturated rings. The Balaban J connectivity index is 1.89. The quantitative estimate of drug-likeness (QED) is 0.563. The first kappa shape index (κ1) is 18.7. The van der Waals surface area contributed by atoms with Crippen molar-refractivity contribution in [2.24, 2.45) is 10.9 Å². The van der Waals surface area contributed by atoms with Crippen LogP contribution in [0, 0.1) is 12.8 Å². The highest BCUT2D eigenvalue weighted by atomic mass is 16.6. The largest absolute Gasteiger partial charge is 0.493 e. The lowest BCUT2D eigenvalue weighted by Crippen LogP contribution is -2.06. The molecule has 27 heavy (non-hydrogen) atoms. The lowest BCUT2D eigenvalue weighted by atomic mass is 10.1. The third kappa shape index (κ3) is 4.56. The molecule has 0 aliphatic carbocycles. The van der Waals surface area contributed by atoms with Crippen LogP contribution < -0.4 is 9.47 Å². The minimum atomic E-state index is -0.466. The smallest absolute Gasteiger partial charge is 0.363 e. The Morgan fingerprint density at radius 2 is 1.96 bits per heavy atom. The van der Waals surface area contributed by atoms with Gasteiger partial charge in [-0.2, -0.15) is 0 Å². The van der Waals surface area contributed by atoms with Crippen LogP contribution in [0.5, 0.6) is 11.5 Å². The predicted molar refractivity (Wildman–Crippen MR) is 105 cm³/mol. The van der Waals surface area contributed by atoms with Gasteiger partial charge >= 0.3 is 5.97 Å². The van der Waals surface area contributed by atoms with Gasteiger partial charge < -0.3 is 14.2 Å². The van der Waals surface area contributed by atoms with Crippen molar-refractivity contribution in [1.82, 2.24) is 0 Å². The Morgan fingerprint density at radius 1 is 1.15 bits per heavy atom. The molecule has 0 radical (unpaired) electrons. The van der Waals surface area contributed by atoms with Gasteiger partial charge in [-0.1, -0.05) is 37.6 Å². The summed E-state index contributed by atoms with van der Waals surface area (Å²) in [6, 6.07) is 13.2. The Morgan fingerprint density at radius 3 is 2.67 bits per heavy atom. The van der Waals surface area contributed by atoms with E-state index in [1.54, 1.807) is 13.2 Å². The number of esters is 1. The lowest BCUT2D eigenvalue weighted by molar-refractivity contribution is -0.129. The van der Waals surface area contributed by atoms with Gasteiger partial charge in [-0.15, -0.1) is 0 Å². The Bertz CT molecular complexity index is 912. The molecule has 0 aromatic heterocycles. The maximum Gasteiger partial charge on any atom is 0.363 e. The van der Waals surface area contributed by atoms with E-state index in [0.717, 1.165) is 16.7 Å². The van der Waals surface area contributed by atoms with Gasteiger partial charge in [0.05, 0.1) is 13.7 Å².